The highest BCUT2D eigenvalue weighted by Crippen LogP contribution is 2.32. The lowest BCUT2D eigenvalue weighted by molar-refractivity contribution is 0.493. The quantitative estimate of drug-likeness (QED) is 0.705. The normalized spacial score (nSPS) is 27.0. The van der Waals surface area contributed by atoms with Gasteiger partial charge in [0.15, 0.2) is 0 Å². The number of hydrogen-bond acceptors (Lipinski definition) is 1. The first-order chi connectivity index (χ1) is 6.75. The van der Waals surface area contributed by atoms with Crippen LogP contribution in [0.3, 0.4) is 0 Å². The molecule has 1 aliphatic rings. The smallest absolute Gasteiger partial charge is 0.108 e. The zero-order chi connectivity index (χ0) is 9.97. The van der Waals surface area contributed by atoms with Gasteiger partial charge >= 0.3 is 0 Å². The molecule has 0 bridgehead atoms. The van der Waals surface area contributed by atoms with Crippen LogP contribution in [-0.2, 0) is 13.5 Å². The molecule has 0 amide bonds. The number of halogens is 1. The second-order valence-electron chi connectivity index (χ2n) is 4.27. The van der Waals surface area contributed by atoms with Crippen LogP contribution >= 0.6 is 11.6 Å². The van der Waals surface area contributed by atoms with Crippen molar-refractivity contribution in [2.75, 3.05) is 0 Å². The molecule has 14 heavy (non-hydrogen) atoms. The average molecular weight is 213 g/mol. The fourth-order valence-electron chi connectivity index (χ4n) is 2.25. The van der Waals surface area contributed by atoms with E-state index in [-0.39, 0.29) is 0 Å². The lowest BCUT2D eigenvalue weighted by atomic mass is 10.0. The molecule has 0 aliphatic heterocycles. The number of rotatable bonds is 3. The third-order valence-electron chi connectivity index (χ3n) is 3.17. The van der Waals surface area contributed by atoms with E-state index in [1.165, 1.54) is 31.5 Å². The number of aryl methyl sites for hydroxylation is 2. The summed E-state index contributed by atoms with van der Waals surface area (Å²) in [5.41, 5.74) is 0. The van der Waals surface area contributed by atoms with Crippen LogP contribution < -0.4 is 0 Å². The molecule has 2 unspecified atom stereocenters. The molecule has 2 atom stereocenters. The third-order valence-corrected chi connectivity index (χ3v) is 3.57. The van der Waals surface area contributed by atoms with Gasteiger partial charge in [-0.05, 0) is 31.6 Å². The predicted octanol–water partition coefficient (Wildman–Crippen LogP) is 2.76. The summed E-state index contributed by atoms with van der Waals surface area (Å²) in [5.74, 6) is 2.03. The Morgan fingerprint density at radius 3 is 3.00 bits per heavy atom. The average Bonchev–Trinajstić information content (AvgIpc) is 2.72. The Balaban J connectivity index is 1.80. The molecule has 0 N–H and O–H groups in total. The summed E-state index contributed by atoms with van der Waals surface area (Å²) in [4.78, 5) is 4.33. The van der Waals surface area contributed by atoms with Crippen molar-refractivity contribution in [3.63, 3.8) is 0 Å². The summed E-state index contributed by atoms with van der Waals surface area (Å²) in [6.07, 6.45) is 9.92. The molecule has 1 heterocycles. The van der Waals surface area contributed by atoms with Crippen molar-refractivity contribution in [2.24, 2.45) is 13.0 Å². The third kappa shape index (κ3) is 2.30. The van der Waals surface area contributed by atoms with E-state index in [4.69, 9.17) is 11.6 Å². The SMILES string of the molecule is Cn1ccnc1CCC1CCC(Cl)C1. The van der Waals surface area contributed by atoms with Crippen LogP contribution in [0, 0.1) is 5.92 Å². The molecule has 0 aromatic carbocycles. The summed E-state index contributed by atoms with van der Waals surface area (Å²) in [6.45, 7) is 0. The number of nitrogens with zero attached hydrogens (tertiary/aromatic N) is 2. The second kappa shape index (κ2) is 4.35. The van der Waals surface area contributed by atoms with Gasteiger partial charge in [0, 0.05) is 31.2 Å². The predicted molar refractivity (Wildman–Crippen MR) is 58.5 cm³/mol. The minimum atomic E-state index is 0.432. The Kier molecular flexibility index (Phi) is 3.12. The van der Waals surface area contributed by atoms with E-state index < -0.39 is 0 Å². The lowest BCUT2D eigenvalue weighted by Gasteiger charge is -2.08. The summed E-state index contributed by atoms with van der Waals surface area (Å²) in [7, 11) is 2.06. The molecule has 3 heteroatoms. The number of imidazole rings is 1. The monoisotopic (exact) mass is 212 g/mol. The molecule has 0 spiro atoms. The first kappa shape index (κ1) is 10.0. The van der Waals surface area contributed by atoms with Crippen LogP contribution in [-0.4, -0.2) is 14.9 Å². The van der Waals surface area contributed by atoms with Crippen molar-refractivity contribution in [3.8, 4) is 0 Å². The van der Waals surface area contributed by atoms with Gasteiger partial charge in [0.05, 0.1) is 0 Å². The highest BCUT2D eigenvalue weighted by molar-refractivity contribution is 6.20. The van der Waals surface area contributed by atoms with Crippen LogP contribution in [0.15, 0.2) is 12.4 Å². The summed E-state index contributed by atoms with van der Waals surface area (Å²) >= 11 is 6.08. The molecule has 1 saturated carbocycles. The van der Waals surface area contributed by atoms with Crippen LogP contribution in [0.25, 0.3) is 0 Å². The van der Waals surface area contributed by atoms with E-state index >= 15 is 0 Å². The fourth-order valence-corrected chi connectivity index (χ4v) is 2.62. The lowest BCUT2D eigenvalue weighted by Crippen LogP contribution is -2.02. The molecule has 2 nitrogen and oxygen atoms in total. The maximum Gasteiger partial charge on any atom is 0.108 e. The van der Waals surface area contributed by atoms with E-state index in [0.29, 0.717) is 5.38 Å². The Labute approximate surface area is 90.3 Å². The van der Waals surface area contributed by atoms with Crippen molar-refractivity contribution < 1.29 is 0 Å². The molecule has 1 aromatic rings. The number of alkyl halides is 1. The standard InChI is InChI=1S/C11H17ClN2/c1-14-7-6-13-11(14)5-3-9-2-4-10(12)8-9/h6-7,9-10H,2-5,8H2,1H3. The first-order valence-corrected chi connectivity index (χ1v) is 5.79. The minimum absolute atomic E-state index is 0.432. The maximum atomic E-state index is 6.08. The van der Waals surface area contributed by atoms with Crippen LogP contribution in [0.5, 0.6) is 0 Å². The molecular weight excluding hydrogens is 196 g/mol. The Hall–Kier alpha value is -0.500. The molecule has 2 rings (SSSR count). The molecule has 1 aliphatic carbocycles. The van der Waals surface area contributed by atoms with Crippen molar-refractivity contribution >= 4 is 11.6 Å². The van der Waals surface area contributed by atoms with Crippen molar-refractivity contribution in [1.82, 2.24) is 9.55 Å². The van der Waals surface area contributed by atoms with Crippen molar-refractivity contribution in [1.29, 1.82) is 0 Å². The zero-order valence-corrected chi connectivity index (χ0v) is 9.37. The highest BCUT2D eigenvalue weighted by Gasteiger charge is 2.22. The Morgan fingerprint density at radius 1 is 1.57 bits per heavy atom. The van der Waals surface area contributed by atoms with E-state index in [1.54, 1.807) is 0 Å². The minimum Gasteiger partial charge on any atom is -0.338 e. The van der Waals surface area contributed by atoms with Crippen LogP contribution in [0.1, 0.15) is 31.5 Å². The van der Waals surface area contributed by atoms with Gasteiger partial charge in [-0.1, -0.05) is 0 Å². The van der Waals surface area contributed by atoms with Crippen LogP contribution in [0.2, 0.25) is 0 Å². The van der Waals surface area contributed by atoms with Crippen molar-refractivity contribution in [2.45, 2.75) is 37.5 Å². The molecule has 78 valence electrons. The molecule has 1 fully saturated rings. The van der Waals surface area contributed by atoms with Gasteiger partial charge in [0.2, 0.25) is 0 Å². The molecule has 1 aromatic heterocycles. The molecule has 0 radical (unpaired) electrons. The van der Waals surface area contributed by atoms with Gasteiger partial charge in [0.1, 0.15) is 5.82 Å². The maximum absolute atomic E-state index is 6.08. The van der Waals surface area contributed by atoms with E-state index in [1.807, 2.05) is 12.4 Å². The van der Waals surface area contributed by atoms with Gasteiger partial charge in [-0.2, -0.15) is 0 Å². The van der Waals surface area contributed by atoms with Gasteiger partial charge in [0.25, 0.3) is 0 Å². The van der Waals surface area contributed by atoms with Gasteiger partial charge in [-0.3, -0.25) is 0 Å². The van der Waals surface area contributed by atoms with E-state index in [9.17, 15) is 0 Å². The summed E-state index contributed by atoms with van der Waals surface area (Å²) in [5, 5.41) is 0.432. The van der Waals surface area contributed by atoms with E-state index in [0.717, 1.165) is 12.3 Å². The summed E-state index contributed by atoms with van der Waals surface area (Å²) < 4.78 is 2.10. The first-order valence-electron chi connectivity index (χ1n) is 5.36. The van der Waals surface area contributed by atoms with Gasteiger partial charge < -0.3 is 4.57 Å². The second-order valence-corrected chi connectivity index (χ2v) is 4.89. The fraction of sp³-hybridized carbons (Fsp3) is 0.727. The Morgan fingerprint density at radius 2 is 2.43 bits per heavy atom. The molecule has 0 saturated heterocycles. The number of aromatic nitrogens is 2. The highest BCUT2D eigenvalue weighted by atomic mass is 35.5. The van der Waals surface area contributed by atoms with Crippen LogP contribution in [0.4, 0.5) is 0 Å². The topological polar surface area (TPSA) is 17.8 Å². The largest absolute Gasteiger partial charge is 0.338 e. The van der Waals surface area contributed by atoms with E-state index in [2.05, 4.69) is 16.6 Å². The zero-order valence-electron chi connectivity index (χ0n) is 8.62. The number of hydrogen-bond donors (Lipinski definition) is 0. The van der Waals surface area contributed by atoms with Gasteiger partial charge in [-0.25, -0.2) is 4.98 Å². The van der Waals surface area contributed by atoms with Crippen molar-refractivity contribution in [3.05, 3.63) is 18.2 Å². The summed E-state index contributed by atoms with van der Waals surface area (Å²) in [6, 6.07) is 0. The Bertz CT molecular complexity index is 295. The molecular formula is C11H17ClN2. The van der Waals surface area contributed by atoms with Gasteiger partial charge in [-0.15, -0.1) is 11.6 Å².